The van der Waals surface area contributed by atoms with Gasteiger partial charge in [0.2, 0.25) is 0 Å². The van der Waals surface area contributed by atoms with Gasteiger partial charge in [0.15, 0.2) is 0 Å². The van der Waals surface area contributed by atoms with Crippen molar-refractivity contribution in [3.05, 3.63) is 35.4 Å². The molecule has 0 fully saturated rings. The van der Waals surface area contributed by atoms with Crippen molar-refractivity contribution in [2.75, 3.05) is 12.2 Å². The molecule has 5 heteroatoms. The van der Waals surface area contributed by atoms with E-state index in [4.69, 9.17) is 0 Å². The predicted molar refractivity (Wildman–Crippen MR) is 60.3 cm³/mol. The number of anilines is 1. The largest absolute Gasteiger partial charge is 0.466 e. The molecule has 0 radical (unpaired) electrons. The fourth-order valence-electron chi connectivity index (χ4n) is 1.68. The monoisotopic (exact) mass is 233 g/mol. The van der Waals surface area contributed by atoms with Crippen molar-refractivity contribution < 1.29 is 19.5 Å². The molecular weight excluding hydrogens is 222 g/mol. The number of amides is 1. The highest BCUT2D eigenvalue weighted by Crippen LogP contribution is 2.27. The molecule has 1 aliphatic heterocycles. The first-order valence-corrected chi connectivity index (χ1v) is 5.03. The first-order valence-electron chi connectivity index (χ1n) is 5.03. The smallest absolute Gasteiger partial charge is 0.334 e. The molecule has 88 valence electrons. The van der Waals surface area contributed by atoms with Gasteiger partial charge in [-0.15, -0.1) is 0 Å². The maximum atomic E-state index is 11.6. The van der Waals surface area contributed by atoms with Crippen molar-refractivity contribution >= 4 is 23.6 Å². The molecule has 1 heterocycles. The lowest BCUT2D eigenvalue weighted by molar-refractivity contribution is -0.137. The molecule has 17 heavy (non-hydrogen) atoms. The fourth-order valence-corrected chi connectivity index (χ4v) is 1.68. The number of hydrogen-bond acceptors (Lipinski definition) is 4. The molecule has 5 nitrogen and oxygen atoms in total. The van der Waals surface area contributed by atoms with E-state index in [1.54, 1.807) is 30.3 Å². The minimum Gasteiger partial charge on any atom is -0.466 e. The third-order valence-electron chi connectivity index (χ3n) is 2.52. The molecule has 0 aromatic heterocycles. The minimum atomic E-state index is -0.566. The third-order valence-corrected chi connectivity index (χ3v) is 2.52. The Labute approximate surface area is 97.9 Å². The lowest BCUT2D eigenvalue weighted by Crippen LogP contribution is -2.27. The number of nitrogens with zero attached hydrogens (tertiary/aromatic N) is 1. The molecule has 2 rings (SSSR count). The average Bonchev–Trinajstić information content (AvgIpc) is 2.48. The molecule has 0 aliphatic carbocycles. The zero-order valence-corrected chi connectivity index (χ0v) is 9.21. The van der Waals surface area contributed by atoms with Crippen molar-refractivity contribution in [2.24, 2.45) is 0 Å². The van der Waals surface area contributed by atoms with Crippen molar-refractivity contribution in [1.82, 2.24) is 0 Å². The standard InChI is InChI=1S/C12H11NO4/c1-17-12(15)9-6-8-4-2-3-5-10(8)13(16)11(14)7-9/h2-6,16H,7H2,1H3. The van der Waals surface area contributed by atoms with Gasteiger partial charge in [0.1, 0.15) is 0 Å². The van der Waals surface area contributed by atoms with Crippen LogP contribution in [0.15, 0.2) is 29.8 Å². The maximum absolute atomic E-state index is 11.6. The number of carbonyl (C=O) groups is 2. The SMILES string of the molecule is COC(=O)C1=Cc2ccccc2N(O)C(=O)C1. The Kier molecular flexibility index (Phi) is 2.93. The van der Waals surface area contributed by atoms with Crippen LogP contribution in [-0.4, -0.2) is 24.2 Å². The number of para-hydroxylation sites is 1. The number of hydrogen-bond donors (Lipinski definition) is 1. The lowest BCUT2D eigenvalue weighted by Gasteiger charge is -2.14. The third kappa shape index (κ3) is 2.05. The number of esters is 1. The van der Waals surface area contributed by atoms with Crippen molar-refractivity contribution in [3.8, 4) is 0 Å². The number of methoxy groups -OCH3 is 1. The molecule has 0 saturated heterocycles. The van der Waals surface area contributed by atoms with Gasteiger partial charge in [0.25, 0.3) is 5.91 Å². The second-order valence-corrected chi connectivity index (χ2v) is 3.60. The first kappa shape index (κ1) is 11.3. The van der Waals surface area contributed by atoms with Crippen molar-refractivity contribution in [1.29, 1.82) is 0 Å². The molecule has 0 bridgehead atoms. The molecule has 0 spiro atoms. The number of hydroxylamine groups is 1. The van der Waals surface area contributed by atoms with Gasteiger partial charge >= 0.3 is 5.97 Å². The van der Waals surface area contributed by atoms with Crippen LogP contribution in [0.1, 0.15) is 12.0 Å². The Balaban J connectivity index is 2.52. The van der Waals surface area contributed by atoms with E-state index in [0.717, 1.165) is 0 Å². The summed E-state index contributed by atoms with van der Waals surface area (Å²) in [7, 11) is 1.25. The van der Waals surface area contributed by atoms with E-state index in [-0.39, 0.29) is 12.0 Å². The van der Waals surface area contributed by atoms with Crippen LogP contribution >= 0.6 is 0 Å². The van der Waals surface area contributed by atoms with Gasteiger partial charge in [-0.05, 0) is 12.1 Å². The van der Waals surface area contributed by atoms with E-state index in [2.05, 4.69) is 4.74 Å². The number of rotatable bonds is 1. The van der Waals surface area contributed by atoms with E-state index < -0.39 is 11.9 Å². The summed E-state index contributed by atoms with van der Waals surface area (Å²) in [5.74, 6) is -1.13. The van der Waals surface area contributed by atoms with Gasteiger partial charge in [-0.3, -0.25) is 10.0 Å². The highest BCUT2D eigenvalue weighted by molar-refractivity contribution is 6.06. The van der Waals surface area contributed by atoms with E-state index in [0.29, 0.717) is 16.3 Å². The Morgan fingerprint density at radius 1 is 1.41 bits per heavy atom. The lowest BCUT2D eigenvalue weighted by atomic mass is 10.1. The number of benzene rings is 1. The van der Waals surface area contributed by atoms with E-state index >= 15 is 0 Å². The molecule has 0 atom stereocenters. The predicted octanol–water partition coefficient (Wildman–Crippen LogP) is 1.37. The molecule has 1 N–H and O–H groups in total. The van der Waals surface area contributed by atoms with Gasteiger partial charge in [-0.1, -0.05) is 18.2 Å². The van der Waals surface area contributed by atoms with Gasteiger partial charge in [-0.2, -0.15) is 5.06 Å². The van der Waals surface area contributed by atoms with Gasteiger partial charge in [0, 0.05) is 11.1 Å². The minimum absolute atomic E-state index is 0.183. The van der Waals surface area contributed by atoms with Crippen LogP contribution in [0.5, 0.6) is 0 Å². The summed E-state index contributed by atoms with van der Waals surface area (Å²) in [6, 6.07) is 6.77. The van der Waals surface area contributed by atoms with E-state index in [9.17, 15) is 14.8 Å². The zero-order chi connectivity index (χ0) is 12.4. The Bertz CT molecular complexity index is 507. The van der Waals surface area contributed by atoms with Gasteiger partial charge < -0.3 is 4.74 Å². The highest BCUT2D eigenvalue weighted by atomic mass is 16.5. The van der Waals surface area contributed by atoms with Crippen LogP contribution in [0.4, 0.5) is 5.69 Å². The maximum Gasteiger partial charge on any atom is 0.334 e. The molecular formula is C12H11NO4. The van der Waals surface area contributed by atoms with Crippen LogP contribution in [0, 0.1) is 0 Å². The summed E-state index contributed by atoms with van der Waals surface area (Å²) in [5, 5.41) is 10.2. The Hall–Kier alpha value is -2.14. The summed E-state index contributed by atoms with van der Waals surface area (Å²) >= 11 is 0. The molecule has 0 unspecified atom stereocenters. The fraction of sp³-hybridized carbons (Fsp3) is 0.167. The molecule has 1 aliphatic rings. The number of carbonyl (C=O) groups excluding carboxylic acids is 2. The van der Waals surface area contributed by atoms with Crippen LogP contribution in [-0.2, 0) is 14.3 Å². The van der Waals surface area contributed by atoms with Gasteiger partial charge in [0.05, 0.1) is 19.2 Å². The first-order chi connectivity index (χ1) is 8.13. The molecule has 1 amide bonds. The van der Waals surface area contributed by atoms with Crippen molar-refractivity contribution in [2.45, 2.75) is 6.42 Å². The summed E-state index contributed by atoms with van der Waals surface area (Å²) < 4.78 is 4.58. The second-order valence-electron chi connectivity index (χ2n) is 3.60. The molecule has 0 saturated carbocycles. The Morgan fingerprint density at radius 2 is 2.12 bits per heavy atom. The Morgan fingerprint density at radius 3 is 2.82 bits per heavy atom. The van der Waals surface area contributed by atoms with Crippen LogP contribution < -0.4 is 5.06 Å². The quantitative estimate of drug-likeness (QED) is 0.587. The number of ether oxygens (including phenoxy) is 1. The van der Waals surface area contributed by atoms with E-state index in [1.165, 1.54) is 7.11 Å². The number of fused-ring (bicyclic) bond motifs is 1. The molecule has 1 aromatic rings. The van der Waals surface area contributed by atoms with Gasteiger partial charge in [-0.25, -0.2) is 4.79 Å². The van der Waals surface area contributed by atoms with E-state index in [1.807, 2.05) is 0 Å². The topological polar surface area (TPSA) is 66.8 Å². The summed E-state index contributed by atoms with van der Waals surface area (Å²) in [6.45, 7) is 0. The normalized spacial score (nSPS) is 14.8. The van der Waals surface area contributed by atoms with Crippen LogP contribution in [0.3, 0.4) is 0 Å². The highest BCUT2D eigenvalue weighted by Gasteiger charge is 2.24. The summed E-state index contributed by atoms with van der Waals surface area (Å²) in [4.78, 5) is 23.1. The van der Waals surface area contributed by atoms with Crippen molar-refractivity contribution in [3.63, 3.8) is 0 Å². The molecule has 1 aromatic carbocycles. The second kappa shape index (κ2) is 4.39. The summed E-state index contributed by atoms with van der Waals surface area (Å²) in [6.07, 6.45) is 1.37. The van der Waals surface area contributed by atoms with Crippen LogP contribution in [0.25, 0.3) is 6.08 Å². The van der Waals surface area contributed by atoms with Crippen LogP contribution in [0.2, 0.25) is 0 Å². The zero-order valence-electron chi connectivity index (χ0n) is 9.21. The summed E-state index contributed by atoms with van der Waals surface area (Å²) in [5.41, 5.74) is 1.18. The average molecular weight is 233 g/mol.